The fraction of sp³-hybridized carbons (Fsp3) is 0.667. The minimum absolute atomic E-state index is 1.09. The normalized spacial score (nSPS) is 12.1. The van der Waals surface area contributed by atoms with Gasteiger partial charge in [-0.2, -0.15) is 0 Å². The van der Waals surface area contributed by atoms with Crippen molar-refractivity contribution in [3.8, 4) is 0 Å². The van der Waals surface area contributed by atoms with Crippen molar-refractivity contribution in [3.05, 3.63) is 60.8 Å². The average Bonchev–Trinajstić information content (AvgIpc) is 2.76. The van der Waals surface area contributed by atoms with E-state index in [2.05, 4.69) is 58.1 Å². The van der Waals surface area contributed by atoms with Crippen LogP contribution in [0.15, 0.2) is 60.8 Å². The largest absolute Gasteiger partial charge is 0.0848 e. The van der Waals surface area contributed by atoms with Gasteiger partial charge in [-0.05, 0) is 12.8 Å². The van der Waals surface area contributed by atoms with E-state index in [9.17, 15) is 0 Å². The van der Waals surface area contributed by atoms with Gasteiger partial charge in [0.25, 0.3) is 0 Å². The molecular weight excluding hydrogens is 360 g/mol. The van der Waals surface area contributed by atoms with Gasteiger partial charge in [0, 0.05) is 0 Å². The molecule has 0 unspecified atom stereocenters. The summed E-state index contributed by atoms with van der Waals surface area (Å²) >= 11 is 0. The second-order valence-corrected chi connectivity index (χ2v) is 8.10. The molecule has 0 heterocycles. The Kier molecular flexibility index (Phi) is 33.3. The zero-order valence-corrected chi connectivity index (χ0v) is 21.1. The molecular formula is C30H54. The van der Waals surface area contributed by atoms with Crippen molar-refractivity contribution in [1.29, 1.82) is 0 Å². The molecule has 0 aromatic heterocycles. The minimum Gasteiger partial charge on any atom is -0.0848 e. The number of rotatable bonds is 19. The molecule has 0 rings (SSSR count). The van der Waals surface area contributed by atoms with E-state index in [0.717, 1.165) is 12.8 Å². The molecule has 0 amide bonds. The summed E-state index contributed by atoms with van der Waals surface area (Å²) in [4.78, 5) is 0. The molecule has 0 bridgehead atoms. The number of hydrogen-bond donors (Lipinski definition) is 0. The number of hydrogen-bond acceptors (Lipinski definition) is 0. The van der Waals surface area contributed by atoms with Crippen molar-refractivity contribution in [2.45, 2.75) is 130 Å². The van der Waals surface area contributed by atoms with Crippen molar-refractivity contribution >= 4 is 0 Å². The Hall–Kier alpha value is -1.30. The molecule has 30 heavy (non-hydrogen) atoms. The first kappa shape index (κ1) is 30.9. The van der Waals surface area contributed by atoms with Gasteiger partial charge in [-0.3, -0.25) is 0 Å². The first-order valence-corrected chi connectivity index (χ1v) is 13.1. The summed E-state index contributed by atoms with van der Waals surface area (Å²) in [6, 6.07) is 0. The van der Waals surface area contributed by atoms with Crippen molar-refractivity contribution in [2.24, 2.45) is 0 Å². The first-order chi connectivity index (χ1) is 14.8. The van der Waals surface area contributed by atoms with Crippen molar-refractivity contribution < 1.29 is 0 Å². The lowest BCUT2D eigenvalue weighted by Gasteiger charge is -2.01. The zero-order chi connectivity index (χ0) is 22.4. The van der Waals surface area contributed by atoms with E-state index < -0.39 is 0 Å². The van der Waals surface area contributed by atoms with Gasteiger partial charge >= 0.3 is 0 Å². The highest BCUT2D eigenvalue weighted by molar-refractivity contribution is 5.17. The van der Waals surface area contributed by atoms with Gasteiger partial charge in [-0.1, -0.05) is 178 Å². The third-order valence-corrected chi connectivity index (χ3v) is 4.95. The molecule has 0 saturated carbocycles. The molecule has 0 atom stereocenters. The highest BCUT2D eigenvalue weighted by Gasteiger charge is 1.92. The summed E-state index contributed by atoms with van der Waals surface area (Å²) < 4.78 is 0. The summed E-state index contributed by atoms with van der Waals surface area (Å²) in [5.74, 6) is 0. The maximum atomic E-state index is 2.29. The molecule has 0 N–H and O–H groups in total. The molecule has 0 aliphatic heterocycles. The van der Waals surface area contributed by atoms with Crippen LogP contribution in [0.2, 0.25) is 0 Å². The smallest absolute Gasteiger partial charge is 0.0350 e. The SMILES string of the molecule is CCC=CC=CC=CC=CC=CCCC.CCCCCCCCCCCCCCC. The fourth-order valence-corrected chi connectivity index (χ4v) is 3.03. The molecule has 0 radical (unpaired) electrons. The Labute approximate surface area is 191 Å². The van der Waals surface area contributed by atoms with Gasteiger partial charge < -0.3 is 0 Å². The fourth-order valence-electron chi connectivity index (χ4n) is 3.03. The standard InChI is InChI=1S/C15H32.C15H22/c2*1-3-5-7-9-11-13-15-14-12-10-8-6-4-2/h3-15H2,1-2H3;5,7-15H,3-4,6H2,1-2H3. The maximum Gasteiger partial charge on any atom is -0.0350 e. The second kappa shape index (κ2) is 32.4. The highest BCUT2D eigenvalue weighted by atomic mass is 14.0. The third kappa shape index (κ3) is 34.2. The lowest BCUT2D eigenvalue weighted by Crippen LogP contribution is -1.82. The quantitative estimate of drug-likeness (QED) is 0.145. The monoisotopic (exact) mass is 414 g/mol. The molecule has 0 aliphatic carbocycles. The molecule has 0 nitrogen and oxygen atoms in total. The Bertz CT molecular complexity index is 407. The summed E-state index contributed by atoms with van der Waals surface area (Å²) in [5, 5.41) is 0. The molecule has 0 aromatic carbocycles. The van der Waals surface area contributed by atoms with E-state index >= 15 is 0 Å². The van der Waals surface area contributed by atoms with E-state index in [-0.39, 0.29) is 0 Å². The molecule has 174 valence electrons. The van der Waals surface area contributed by atoms with Gasteiger partial charge in [-0.15, -0.1) is 0 Å². The Morgan fingerprint density at radius 3 is 1.00 bits per heavy atom. The molecule has 0 aromatic rings. The third-order valence-electron chi connectivity index (χ3n) is 4.95. The molecule has 0 fully saturated rings. The van der Waals surface area contributed by atoms with Gasteiger partial charge in [0.2, 0.25) is 0 Å². The maximum absolute atomic E-state index is 2.29. The highest BCUT2D eigenvalue weighted by Crippen LogP contribution is 2.12. The second-order valence-electron chi connectivity index (χ2n) is 8.10. The van der Waals surface area contributed by atoms with Crippen molar-refractivity contribution in [2.75, 3.05) is 0 Å². The predicted octanol–water partition coefficient (Wildman–Crippen LogP) is 11.1. The summed E-state index contributed by atoms with van der Waals surface area (Å²) in [6.07, 6.45) is 43.1. The van der Waals surface area contributed by atoms with E-state index in [1.807, 2.05) is 30.4 Å². The van der Waals surface area contributed by atoms with Crippen LogP contribution in [0.25, 0.3) is 0 Å². The topological polar surface area (TPSA) is 0 Å². The lowest BCUT2D eigenvalue weighted by atomic mass is 10.1. The van der Waals surface area contributed by atoms with Gasteiger partial charge in [0.15, 0.2) is 0 Å². The Morgan fingerprint density at radius 2 is 0.667 bits per heavy atom. The molecule has 0 spiro atoms. The van der Waals surface area contributed by atoms with E-state index in [1.165, 1.54) is 89.9 Å². The van der Waals surface area contributed by atoms with E-state index in [1.54, 1.807) is 0 Å². The molecule has 0 saturated heterocycles. The van der Waals surface area contributed by atoms with Crippen LogP contribution in [0.4, 0.5) is 0 Å². The van der Waals surface area contributed by atoms with Gasteiger partial charge in [-0.25, -0.2) is 0 Å². The van der Waals surface area contributed by atoms with Crippen molar-refractivity contribution in [3.63, 3.8) is 0 Å². The first-order valence-electron chi connectivity index (χ1n) is 13.1. The molecule has 0 aliphatic rings. The van der Waals surface area contributed by atoms with Crippen LogP contribution in [0.1, 0.15) is 130 Å². The van der Waals surface area contributed by atoms with E-state index in [4.69, 9.17) is 0 Å². The summed E-state index contributed by atoms with van der Waals surface area (Å²) in [5.41, 5.74) is 0. The van der Waals surface area contributed by atoms with Gasteiger partial charge in [0.05, 0.1) is 0 Å². The number of allylic oxidation sites excluding steroid dienone is 10. The van der Waals surface area contributed by atoms with Crippen LogP contribution >= 0.6 is 0 Å². The van der Waals surface area contributed by atoms with Crippen LogP contribution in [-0.2, 0) is 0 Å². The number of unbranched alkanes of at least 4 members (excludes halogenated alkanes) is 13. The molecule has 0 heteroatoms. The predicted molar refractivity (Wildman–Crippen MR) is 142 cm³/mol. The van der Waals surface area contributed by atoms with Crippen molar-refractivity contribution in [1.82, 2.24) is 0 Å². The lowest BCUT2D eigenvalue weighted by molar-refractivity contribution is 0.542. The van der Waals surface area contributed by atoms with Gasteiger partial charge in [0.1, 0.15) is 0 Å². The van der Waals surface area contributed by atoms with Crippen LogP contribution in [0.3, 0.4) is 0 Å². The van der Waals surface area contributed by atoms with Crippen LogP contribution in [0, 0.1) is 0 Å². The Balaban J connectivity index is 0. The minimum atomic E-state index is 1.09. The van der Waals surface area contributed by atoms with E-state index in [0.29, 0.717) is 0 Å². The summed E-state index contributed by atoms with van der Waals surface area (Å²) in [6.45, 7) is 8.89. The van der Waals surface area contributed by atoms with Crippen LogP contribution in [0.5, 0.6) is 0 Å². The Morgan fingerprint density at radius 1 is 0.333 bits per heavy atom. The zero-order valence-electron chi connectivity index (χ0n) is 21.1. The average molecular weight is 415 g/mol. The summed E-state index contributed by atoms with van der Waals surface area (Å²) in [7, 11) is 0. The van der Waals surface area contributed by atoms with Crippen LogP contribution < -0.4 is 0 Å². The van der Waals surface area contributed by atoms with Crippen LogP contribution in [-0.4, -0.2) is 0 Å².